The summed E-state index contributed by atoms with van der Waals surface area (Å²) in [6.45, 7) is 5.27. The van der Waals surface area contributed by atoms with Crippen molar-refractivity contribution < 1.29 is 9.90 Å². The molecule has 2 nitrogen and oxygen atoms in total. The van der Waals surface area contributed by atoms with Crippen molar-refractivity contribution in [3.05, 3.63) is 12.7 Å². The molecule has 1 aliphatic carbocycles. The largest absolute Gasteiger partial charge is 0.378 e. The summed E-state index contributed by atoms with van der Waals surface area (Å²) in [4.78, 5) is 11.8. The molecule has 2 heteroatoms. The Kier molecular flexibility index (Phi) is 3.49. The SMILES string of the molecule is C=C[C@]1(O)CCC[C@@H](CC#CC)C1=O. The highest BCUT2D eigenvalue weighted by molar-refractivity contribution is 5.91. The number of ketones is 1. The van der Waals surface area contributed by atoms with Gasteiger partial charge in [-0.3, -0.25) is 4.79 Å². The standard InChI is InChI=1S/C12H16O2/c1-3-5-7-10-8-6-9-12(14,4-2)11(10)13/h4,10,14H,2,6-9H2,1H3/t10-,12+/m1/s1. The van der Waals surface area contributed by atoms with E-state index < -0.39 is 5.60 Å². The fraction of sp³-hybridized carbons (Fsp3) is 0.583. The average molecular weight is 192 g/mol. The van der Waals surface area contributed by atoms with Gasteiger partial charge >= 0.3 is 0 Å². The first-order chi connectivity index (χ1) is 6.64. The van der Waals surface area contributed by atoms with Gasteiger partial charge in [0.2, 0.25) is 0 Å². The Morgan fingerprint density at radius 3 is 3.07 bits per heavy atom. The monoisotopic (exact) mass is 192 g/mol. The van der Waals surface area contributed by atoms with Crippen LogP contribution in [0.3, 0.4) is 0 Å². The minimum Gasteiger partial charge on any atom is -0.378 e. The molecular weight excluding hydrogens is 176 g/mol. The zero-order valence-corrected chi connectivity index (χ0v) is 8.55. The van der Waals surface area contributed by atoms with Crippen LogP contribution < -0.4 is 0 Å². The number of carbonyl (C=O) groups is 1. The van der Waals surface area contributed by atoms with Crippen LogP contribution in [0.4, 0.5) is 0 Å². The van der Waals surface area contributed by atoms with Crippen molar-refractivity contribution in [2.45, 2.75) is 38.2 Å². The molecule has 0 aromatic rings. The molecule has 14 heavy (non-hydrogen) atoms. The second kappa shape index (κ2) is 4.43. The molecule has 0 amide bonds. The number of hydrogen-bond donors (Lipinski definition) is 1. The maximum absolute atomic E-state index is 11.8. The van der Waals surface area contributed by atoms with Crippen LogP contribution in [0.25, 0.3) is 0 Å². The van der Waals surface area contributed by atoms with E-state index in [4.69, 9.17) is 0 Å². The first kappa shape index (κ1) is 11.0. The highest BCUT2D eigenvalue weighted by Gasteiger charge is 2.40. The average Bonchev–Trinajstić information content (AvgIpc) is 2.20. The summed E-state index contributed by atoms with van der Waals surface area (Å²) in [6.07, 6.45) is 4.13. The van der Waals surface area contributed by atoms with E-state index in [9.17, 15) is 9.90 Å². The highest BCUT2D eigenvalue weighted by atomic mass is 16.3. The Morgan fingerprint density at radius 1 is 1.79 bits per heavy atom. The van der Waals surface area contributed by atoms with Crippen molar-refractivity contribution in [2.75, 3.05) is 0 Å². The molecule has 0 radical (unpaired) electrons. The predicted octanol–water partition coefficient (Wildman–Crippen LogP) is 1.69. The molecule has 0 heterocycles. The summed E-state index contributed by atoms with van der Waals surface area (Å²) < 4.78 is 0. The van der Waals surface area contributed by atoms with Crippen LogP contribution >= 0.6 is 0 Å². The van der Waals surface area contributed by atoms with Gasteiger partial charge in [-0.2, -0.15) is 0 Å². The lowest BCUT2D eigenvalue weighted by Gasteiger charge is -2.32. The van der Waals surface area contributed by atoms with E-state index in [1.165, 1.54) is 6.08 Å². The second-order valence-electron chi connectivity index (χ2n) is 3.71. The molecule has 0 aliphatic heterocycles. The molecule has 1 aliphatic rings. The van der Waals surface area contributed by atoms with Crippen molar-refractivity contribution >= 4 is 5.78 Å². The molecule has 0 spiro atoms. The highest BCUT2D eigenvalue weighted by Crippen LogP contribution is 2.31. The Hall–Kier alpha value is -1.07. The molecular formula is C12H16O2. The zero-order chi connectivity index (χ0) is 10.6. The molecule has 0 aromatic heterocycles. The fourth-order valence-electron chi connectivity index (χ4n) is 1.85. The maximum Gasteiger partial charge on any atom is 0.172 e. The van der Waals surface area contributed by atoms with E-state index in [0.717, 1.165) is 12.8 Å². The quantitative estimate of drug-likeness (QED) is 0.534. The van der Waals surface area contributed by atoms with Crippen molar-refractivity contribution in [3.8, 4) is 11.8 Å². The topological polar surface area (TPSA) is 37.3 Å². The molecule has 0 bridgehead atoms. The Labute approximate surface area is 85.0 Å². The Morgan fingerprint density at radius 2 is 2.50 bits per heavy atom. The van der Waals surface area contributed by atoms with Crippen LogP contribution in [-0.2, 0) is 4.79 Å². The van der Waals surface area contributed by atoms with Crippen molar-refractivity contribution in [1.29, 1.82) is 0 Å². The Bertz CT molecular complexity index is 295. The number of carbonyl (C=O) groups excluding carboxylic acids is 1. The number of Topliss-reactive ketones (excluding diaryl/α,β-unsaturated/α-hetero) is 1. The minimum atomic E-state index is -1.29. The zero-order valence-electron chi connectivity index (χ0n) is 8.55. The van der Waals surface area contributed by atoms with Gasteiger partial charge in [-0.15, -0.1) is 11.8 Å². The van der Waals surface area contributed by atoms with Gasteiger partial charge in [0, 0.05) is 12.3 Å². The van der Waals surface area contributed by atoms with Crippen LogP contribution in [0.15, 0.2) is 12.7 Å². The summed E-state index contributed by atoms with van der Waals surface area (Å²) in [5, 5.41) is 9.90. The molecule has 1 N–H and O–H groups in total. The molecule has 1 saturated carbocycles. The van der Waals surface area contributed by atoms with Gasteiger partial charge in [0.25, 0.3) is 0 Å². The molecule has 0 saturated heterocycles. The lowest BCUT2D eigenvalue weighted by Crippen LogP contribution is -2.44. The third-order valence-electron chi connectivity index (χ3n) is 2.77. The molecule has 0 unspecified atom stereocenters. The van der Waals surface area contributed by atoms with E-state index in [1.807, 2.05) is 0 Å². The van der Waals surface area contributed by atoms with Gasteiger partial charge in [-0.05, 0) is 26.2 Å². The smallest absolute Gasteiger partial charge is 0.172 e. The van der Waals surface area contributed by atoms with Crippen LogP contribution in [0.1, 0.15) is 32.6 Å². The van der Waals surface area contributed by atoms with Crippen LogP contribution in [0.2, 0.25) is 0 Å². The third kappa shape index (κ3) is 2.05. The summed E-state index contributed by atoms with van der Waals surface area (Å²) in [5.41, 5.74) is -1.29. The van der Waals surface area contributed by atoms with Crippen LogP contribution in [0, 0.1) is 17.8 Å². The van der Waals surface area contributed by atoms with E-state index in [-0.39, 0.29) is 11.7 Å². The Balaban J connectivity index is 2.74. The van der Waals surface area contributed by atoms with Crippen molar-refractivity contribution in [1.82, 2.24) is 0 Å². The van der Waals surface area contributed by atoms with E-state index >= 15 is 0 Å². The van der Waals surface area contributed by atoms with E-state index in [0.29, 0.717) is 12.8 Å². The van der Waals surface area contributed by atoms with Gasteiger partial charge in [0.05, 0.1) is 0 Å². The summed E-state index contributed by atoms with van der Waals surface area (Å²) >= 11 is 0. The van der Waals surface area contributed by atoms with Crippen molar-refractivity contribution in [2.24, 2.45) is 5.92 Å². The fourth-order valence-corrected chi connectivity index (χ4v) is 1.85. The second-order valence-corrected chi connectivity index (χ2v) is 3.71. The number of aliphatic hydroxyl groups is 1. The van der Waals surface area contributed by atoms with E-state index in [1.54, 1.807) is 6.92 Å². The lowest BCUT2D eigenvalue weighted by atomic mass is 9.76. The molecule has 2 atom stereocenters. The van der Waals surface area contributed by atoms with Gasteiger partial charge < -0.3 is 5.11 Å². The van der Waals surface area contributed by atoms with Crippen molar-refractivity contribution in [3.63, 3.8) is 0 Å². The van der Waals surface area contributed by atoms with Crippen LogP contribution in [0.5, 0.6) is 0 Å². The van der Waals surface area contributed by atoms with Gasteiger partial charge in [-0.25, -0.2) is 0 Å². The van der Waals surface area contributed by atoms with Gasteiger partial charge in [0.1, 0.15) is 5.60 Å². The molecule has 1 fully saturated rings. The normalized spacial score (nSPS) is 31.9. The molecule has 1 rings (SSSR count). The third-order valence-corrected chi connectivity index (χ3v) is 2.77. The predicted molar refractivity (Wildman–Crippen MR) is 55.6 cm³/mol. The minimum absolute atomic E-state index is 0.110. The number of hydrogen-bond acceptors (Lipinski definition) is 2. The first-order valence-electron chi connectivity index (χ1n) is 4.94. The molecule has 76 valence electrons. The van der Waals surface area contributed by atoms with Gasteiger partial charge in [0.15, 0.2) is 5.78 Å². The van der Waals surface area contributed by atoms with E-state index in [2.05, 4.69) is 18.4 Å². The van der Waals surface area contributed by atoms with Crippen LogP contribution in [-0.4, -0.2) is 16.5 Å². The van der Waals surface area contributed by atoms with Gasteiger partial charge in [-0.1, -0.05) is 12.7 Å². The summed E-state index contributed by atoms with van der Waals surface area (Å²) in [5.74, 6) is 5.44. The summed E-state index contributed by atoms with van der Waals surface area (Å²) in [7, 11) is 0. The molecule has 0 aromatic carbocycles. The summed E-state index contributed by atoms with van der Waals surface area (Å²) in [6, 6.07) is 0. The first-order valence-corrected chi connectivity index (χ1v) is 4.94. The lowest BCUT2D eigenvalue weighted by molar-refractivity contribution is -0.140. The maximum atomic E-state index is 11.8. The number of rotatable bonds is 2.